The molecule has 3 aromatic rings. The number of fused-ring (bicyclic) bond motifs is 1. The first-order chi connectivity index (χ1) is 15.6. The number of para-hydroxylation sites is 2. The van der Waals surface area contributed by atoms with Crippen molar-refractivity contribution >= 4 is 23.2 Å². The van der Waals surface area contributed by atoms with Crippen LogP contribution in [-0.4, -0.2) is 29.6 Å². The van der Waals surface area contributed by atoms with Gasteiger partial charge in [0.15, 0.2) is 6.10 Å². The van der Waals surface area contributed by atoms with Gasteiger partial charge in [-0.2, -0.15) is 0 Å². The predicted molar refractivity (Wildman–Crippen MR) is 118 cm³/mol. The Labute approximate surface area is 185 Å². The van der Waals surface area contributed by atoms with Crippen LogP contribution in [0.15, 0.2) is 78.9 Å². The number of anilines is 2. The second-order valence-electron chi connectivity index (χ2n) is 7.66. The molecule has 0 aromatic heterocycles. The molecule has 2 heterocycles. The first kappa shape index (κ1) is 20.1. The van der Waals surface area contributed by atoms with Crippen LogP contribution in [0.5, 0.6) is 11.5 Å². The molecule has 2 fully saturated rings. The number of hydrogen-bond acceptors (Lipinski definition) is 6. The van der Waals surface area contributed by atoms with Gasteiger partial charge in [-0.1, -0.05) is 36.4 Å². The van der Waals surface area contributed by atoms with Crippen molar-refractivity contribution in [3.05, 3.63) is 84.4 Å². The van der Waals surface area contributed by atoms with E-state index in [1.807, 2.05) is 37.3 Å². The number of carbonyl (C=O) groups excluding carboxylic acids is 2. The summed E-state index contributed by atoms with van der Waals surface area (Å²) in [5.74, 6) is -0.891. The largest absolute Gasteiger partial charge is 0.508 e. The topological polar surface area (TPSA) is 79.3 Å². The summed E-state index contributed by atoms with van der Waals surface area (Å²) < 4.78 is 5.46. The van der Waals surface area contributed by atoms with E-state index in [-0.39, 0.29) is 11.7 Å². The summed E-state index contributed by atoms with van der Waals surface area (Å²) in [6.45, 7) is 2.41. The molecular weight excluding hydrogens is 408 g/mol. The molecule has 2 aliphatic heterocycles. The number of nitrogens with zero attached hydrogens (tertiary/aromatic N) is 2. The third kappa shape index (κ3) is 3.18. The number of rotatable bonds is 5. The van der Waals surface area contributed by atoms with Crippen LogP contribution in [0.1, 0.15) is 18.5 Å². The van der Waals surface area contributed by atoms with Crippen LogP contribution in [0.2, 0.25) is 0 Å². The number of carbonyl (C=O) groups is 2. The van der Waals surface area contributed by atoms with Crippen molar-refractivity contribution in [1.29, 1.82) is 0 Å². The molecule has 3 unspecified atom stereocenters. The second kappa shape index (κ2) is 8.01. The van der Waals surface area contributed by atoms with E-state index in [4.69, 9.17) is 9.57 Å². The fraction of sp³-hybridized carbons (Fsp3) is 0.200. The van der Waals surface area contributed by atoms with E-state index in [1.165, 1.54) is 4.90 Å². The lowest BCUT2D eigenvalue weighted by Gasteiger charge is -2.29. The van der Waals surface area contributed by atoms with E-state index in [0.717, 1.165) is 0 Å². The average Bonchev–Trinajstić information content (AvgIpc) is 3.32. The highest BCUT2D eigenvalue weighted by Gasteiger charge is 2.60. The Morgan fingerprint density at radius 3 is 2.25 bits per heavy atom. The summed E-state index contributed by atoms with van der Waals surface area (Å²) in [5, 5.41) is 12.1. The monoisotopic (exact) mass is 430 g/mol. The van der Waals surface area contributed by atoms with Gasteiger partial charge in [0.2, 0.25) is 5.91 Å². The van der Waals surface area contributed by atoms with Gasteiger partial charge in [-0.25, -0.2) is 9.96 Å². The van der Waals surface area contributed by atoms with Crippen LogP contribution in [-0.2, 0) is 14.4 Å². The first-order valence-corrected chi connectivity index (χ1v) is 10.5. The van der Waals surface area contributed by atoms with Crippen molar-refractivity contribution < 1.29 is 24.3 Å². The summed E-state index contributed by atoms with van der Waals surface area (Å²) in [6.07, 6.45) is -0.987. The minimum Gasteiger partial charge on any atom is -0.508 e. The molecule has 2 aliphatic rings. The van der Waals surface area contributed by atoms with Gasteiger partial charge in [0, 0.05) is 5.56 Å². The zero-order valence-electron chi connectivity index (χ0n) is 17.4. The molecule has 2 saturated heterocycles. The number of phenolic OH excluding ortho intramolecular Hbond substituents is 1. The number of ether oxygens (including phenoxy) is 1. The maximum Gasteiger partial charge on any atom is 0.266 e. The molecule has 0 saturated carbocycles. The predicted octanol–water partition coefficient (Wildman–Crippen LogP) is 3.84. The third-order valence-corrected chi connectivity index (χ3v) is 5.79. The lowest BCUT2D eigenvalue weighted by molar-refractivity contribution is -0.126. The standard InChI is InChI=1S/C25H22N2O5/c1-2-31-18-14-12-16(13-15-18)26-24(29)21-22(19-10-6-7-11-20(19)28)27(32-23(21)25(26)30)17-8-4-3-5-9-17/h3-15,21-23,28H,2H2,1H3. The van der Waals surface area contributed by atoms with Crippen LogP contribution in [0, 0.1) is 5.92 Å². The maximum absolute atomic E-state index is 13.6. The summed E-state index contributed by atoms with van der Waals surface area (Å²) in [7, 11) is 0. The number of imide groups is 1. The van der Waals surface area contributed by atoms with Gasteiger partial charge in [0.1, 0.15) is 17.4 Å². The summed E-state index contributed by atoms with van der Waals surface area (Å²) >= 11 is 0. The summed E-state index contributed by atoms with van der Waals surface area (Å²) in [5.41, 5.74) is 1.69. The van der Waals surface area contributed by atoms with Crippen molar-refractivity contribution in [1.82, 2.24) is 0 Å². The SMILES string of the molecule is CCOc1ccc(N2C(=O)C3ON(c4ccccc4)C(c4ccccc4O)C3C2=O)cc1. The molecule has 0 spiro atoms. The first-order valence-electron chi connectivity index (χ1n) is 10.5. The molecule has 0 bridgehead atoms. The Bertz CT molecular complexity index is 1150. The molecule has 3 atom stereocenters. The van der Waals surface area contributed by atoms with Crippen LogP contribution in [0.25, 0.3) is 0 Å². The second-order valence-corrected chi connectivity index (χ2v) is 7.66. The lowest BCUT2D eigenvalue weighted by Crippen LogP contribution is -2.37. The molecule has 3 aromatic carbocycles. The molecular formula is C25H22N2O5. The third-order valence-electron chi connectivity index (χ3n) is 5.79. The van der Waals surface area contributed by atoms with Crippen molar-refractivity contribution in [2.75, 3.05) is 16.6 Å². The minimum atomic E-state index is -0.987. The van der Waals surface area contributed by atoms with Gasteiger partial charge in [-0.15, -0.1) is 0 Å². The van der Waals surface area contributed by atoms with E-state index in [0.29, 0.717) is 29.3 Å². The Balaban J connectivity index is 1.55. The van der Waals surface area contributed by atoms with E-state index < -0.39 is 24.0 Å². The molecule has 0 radical (unpaired) electrons. The quantitative estimate of drug-likeness (QED) is 0.620. The zero-order chi connectivity index (χ0) is 22.2. The van der Waals surface area contributed by atoms with Gasteiger partial charge in [-0.3, -0.25) is 14.4 Å². The fourth-order valence-corrected chi connectivity index (χ4v) is 4.38. The number of hydroxylamine groups is 1. The number of benzene rings is 3. The van der Waals surface area contributed by atoms with Gasteiger partial charge in [0.05, 0.1) is 24.0 Å². The Kier molecular flexibility index (Phi) is 5.03. The van der Waals surface area contributed by atoms with Crippen LogP contribution < -0.4 is 14.7 Å². The lowest BCUT2D eigenvalue weighted by atomic mass is 9.90. The van der Waals surface area contributed by atoms with E-state index in [9.17, 15) is 14.7 Å². The molecule has 1 N–H and O–H groups in total. The molecule has 5 rings (SSSR count). The Morgan fingerprint density at radius 2 is 1.56 bits per heavy atom. The fourth-order valence-electron chi connectivity index (χ4n) is 4.38. The van der Waals surface area contributed by atoms with Crippen LogP contribution in [0.4, 0.5) is 11.4 Å². The molecule has 7 nitrogen and oxygen atoms in total. The minimum absolute atomic E-state index is 0.0439. The number of amides is 2. The maximum atomic E-state index is 13.6. The van der Waals surface area contributed by atoms with E-state index in [1.54, 1.807) is 53.6 Å². The van der Waals surface area contributed by atoms with Crippen molar-refractivity contribution in [2.45, 2.75) is 19.1 Å². The van der Waals surface area contributed by atoms with E-state index in [2.05, 4.69) is 0 Å². The summed E-state index contributed by atoms with van der Waals surface area (Å²) in [6, 6.07) is 22.2. The van der Waals surface area contributed by atoms with Crippen LogP contribution in [0.3, 0.4) is 0 Å². The summed E-state index contributed by atoms with van der Waals surface area (Å²) in [4.78, 5) is 34.1. The number of phenols is 1. The normalized spacial score (nSPS) is 22.3. The Morgan fingerprint density at radius 1 is 0.875 bits per heavy atom. The molecule has 7 heteroatoms. The van der Waals surface area contributed by atoms with Gasteiger partial charge in [-0.05, 0) is 49.4 Å². The highest BCUT2D eigenvalue weighted by atomic mass is 16.7. The van der Waals surface area contributed by atoms with Gasteiger partial charge in [0.25, 0.3) is 5.91 Å². The Hall–Kier alpha value is -3.84. The molecule has 2 amide bonds. The highest BCUT2D eigenvalue weighted by molar-refractivity contribution is 6.24. The average molecular weight is 430 g/mol. The molecule has 0 aliphatic carbocycles. The molecule has 32 heavy (non-hydrogen) atoms. The van der Waals surface area contributed by atoms with Gasteiger partial charge >= 0.3 is 0 Å². The smallest absolute Gasteiger partial charge is 0.266 e. The van der Waals surface area contributed by atoms with Gasteiger partial charge < -0.3 is 9.84 Å². The zero-order valence-corrected chi connectivity index (χ0v) is 17.4. The van der Waals surface area contributed by atoms with Crippen molar-refractivity contribution in [3.8, 4) is 11.5 Å². The highest BCUT2D eigenvalue weighted by Crippen LogP contribution is 2.49. The van der Waals surface area contributed by atoms with Crippen molar-refractivity contribution in [2.24, 2.45) is 5.92 Å². The van der Waals surface area contributed by atoms with Crippen LogP contribution >= 0.6 is 0 Å². The van der Waals surface area contributed by atoms with Crippen molar-refractivity contribution in [3.63, 3.8) is 0 Å². The van der Waals surface area contributed by atoms with E-state index >= 15 is 0 Å². The number of hydrogen-bond donors (Lipinski definition) is 1. The number of aromatic hydroxyl groups is 1. The molecule has 162 valence electrons.